The summed E-state index contributed by atoms with van der Waals surface area (Å²) in [5, 5.41) is 3.00. The fraction of sp³-hybridized carbons (Fsp3) is 0.909. The molecule has 0 bridgehead atoms. The van der Waals surface area contributed by atoms with Gasteiger partial charge in [0.1, 0.15) is 0 Å². The Bertz CT molecular complexity index is 159. The van der Waals surface area contributed by atoms with Crippen molar-refractivity contribution in [1.82, 2.24) is 5.32 Å². The predicted octanol–water partition coefficient (Wildman–Crippen LogP) is 3.24. The number of rotatable bonds is 7. The zero-order valence-corrected chi connectivity index (χ0v) is 11.1. The van der Waals surface area contributed by atoms with E-state index in [2.05, 4.69) is 42.0 Å². The van der Waals surface area contributed by atoms with Gasteiger partial charge in [0.25, 0.3) is 0 Å². The molecular weight excluding hydrogens is 242 g/mol. The molecule has 0 heterocycles. The van der Waals surface area contributed by atoms with E-state index in [-0.39, 0.29) is 11.9 Å². The smallest absolute Gasteiger partial charge is 0.220 e. The normalized spacial score (nSPS) is 14.9. The Hall–Kier alpha value is -0.0500. The highest BCUT2D eigenvalue weighted by molar-refractivity contribution is 9.09. The minimum atomic E-state index is 0.194. The summed E-state index contributed by atoms with van der Waals surface area (Å²) in [4.78, 5) is 11.8. The van der Waals surface area contributed by atoms with Crippen LogP contribution in [0.25, 0.3) is 0 Å². The molecular formula is C11H22BrNO. The summed E-state index contributed by atoms with van der Waals surface area (Å²) in [7, 11) is 0. The molecule has 0 saturated carbocycles. The van der Waals surface area contributed by atoms with Crippen molar-refractivity contribution in [2.45, 2.75) is 63.7 Å². The number of halogens is 1. The predicted molar refractivity (Wildman–Crippen MR) is 64.8 cm³/mol. The van der Waals surface area contributed by atoms with Gasteiger partial charge in [-0.1, -0.05) is 42.6 Å². The highest BCUT2D eigenvalue weighted by Crippen LogP contribution is 2.07. The number of alkyl halides is 1. The van der Waals surface area contributed by atoms with Crippen molar-refractivity contribution in [2.24, 2.45) is 0 Å². The van der Waals surface area contributed by atoms with E-state index in [9.17, 15) is 4.79 Å². The number of unbranched alkanes of at least 4 members (excludes halogenated alkanes) is 2. The summed E-state index contributed by atoms with van der Waals surface area (Å²) in [5.74, 6) is 0.194. The van der Waals surface area contributed by atoms with Gasteiger partial charge in [-0.05, 0) is 19.8 Å². The first-order valence-electron chi connectivity index (χ1n) is 5.49. The standard InChI is InChI=1S/C11H22BrNO/c1-4-5-6-7-11(14)13-10(3)8-9(2)12/h9-10H,4-8H2,1-3H3,(H,13,14). The Balaban J connectivity index is 3.50. The van der Waals surface area contributed by atoms with E-state index in [0.717, 1.165) is 19.3 Å². The van der Waals surface area contributed by atoms with Crippen molar-refractivity contribution < 1.29 is 4.79 Å². The second kappa shape index (κ2) is 8.27. The van der Waals surface area contributed by atoms with Crippen molar-refractivity contribution in [2.75, 3.05) is 0 Å². The van der Waals surface area contributed by atoms with E-state index in [1.807, 2.05) is 0 Å². The van der Waals surface area contributed by atoms with Crippen LogP contribution in [0, 0.1) is 0 Å². The summed E-state index contributed by atoms with van der Waals surface area (Å²) in [6, 6.07) is 0.276. The zero-order chi connectivity index (χ0) is 11.0. The van der Waals surface area contributed by atoms with Gasteiger partial charge >= 0.3 is 0 Å². The van der Waals surface area contributed by atoms with Gasteiger partial charge < -0.3 is 5.32 Å². The summed E-state index contributed by atoms with van der Waals surface area (Å²) in [6.45, 7) is 6.29. The lowest BCUT2D eigenvalue weighted by Crippen LogP contribution is -2.33. The quantitative estimate of drug-likeness (QED) is 0.555. The van der Waals surface area contributed by atoms with Crippen LogP contribution in [0.1, 0.15) is 52.9 Å². The zero-order valence-electron chi connectivity index (χ0n) is 9.48. The maximum atomic E-state index is 11.4. The van der Waals surface area contributed by atoms with Gasteiger partial charge in [0.15, 0.2) is 0 Å². The molecule has 0 spiro atoms. The van der Waals surface area contributed by atoms with Crippen LogP contribution in [0.4, 0.5) is 0 Å². The first-order chi connectivity index (χ1) is 6.56. The summed E-state index contributed by atoms with van der Waals surface area (Å²) in [5.41, 5.74) is 0. The van der Waals surface area contributed by atoms with Gasteiger partial charge in [-0.25, -0.2) is 0 Å². The van der Waals surface area contributed by atoms with E-state index in [1.54, 1.807) is 0 Å². The highest BCUT2D eigenvalue weighted by atomic mass is 79.9. The molecule has 0 saturated heterocycles. The highest BCUT2D eigenvalue weighted by Gasteiger charge is 2.08. The molecule has 0 aromatic heterocycles. The Labute approximate surface area is 96.0 Å². The summed E-state index contributed by atoms with van der Waals surface area (Å²) in [6.07, 6.45) is 4.99. The molecule has 14 heavy (non-hydrogen) atoms. The van der Waals surface area contributed by atoms with E-state index >= 15 is 0 Å². The van der Waals surface area contributed by atoms with E-state index < -0.39 is 0 Å². The lowest BCUT2D eigenvalue weighted by molar-refractivity contribution is -0.121. The monoisotopic (exact) mass is 263 g/mol. The van der Waals surface area contributed by atoms with Crippen molar-refractivity contribution in [3.8, 4) is 0 Å². The average Bonchev–Trinajstić information content (AvgIpc) is 2.02. The van der Waals surface area contributed by atoms with Crippen molar-refractivity contribution in [3.05, 3.63) is 0 Å². The molecule has 2 nitrogen and oxygen atoms in total. The van der Waals surface area contributed by atoms with Crippen molar-refractivity contribution >= 4 is 21.8 Å². The second-order valence-corrected chi connectivity index (χ2v) is 5.51. The molecule has 0 radical (unpaired) electrons. The molecule has 0 aromatic carbocycles. The first-order valence-corrected chi connectivity index (χ1v) is 6.41. The second-order valence-electron chi connectivity index (χ2n) is 3.94. The third kappa shape index (κ3) is 8.54. The fourth-order valence-corrected chi connectivity index (χ4v) is 1.99. The van der Waals surface area contributed by atoms with Crippen LogP contribution in [0.5, 0.6) is 0 Å². The van der Waals surface area contributed by atoms with Crippen LogP contribution < -0.4 is 5.32 Å². The van der Waals surface area contributed by atoms with Gasteiger partial charge in [-0.15, -0.1) is 0 Å². The van der Waals surface area contributed by atoms with Crippen LogP contribution in [0.2, 0.25) is 0 Å². The Kier molecular flexibility index (Phi) is 8.24. The molecule has 0 aliphatic rings. The lowest BCUT2D eigenvalue weighted by Gasteiger charge is -2.14. The van der Waals surface area contributed by atoms with Gasteiger partial charge in [-0.3, -0.25) is 4.79 Å². The first kappa shape index (κ1) is 13.9. The van der Waals surface area contributed by atoms with Gasteiger partial charge in [0.05, 0.1) is 0 Å². The SMILES string of the molecule is CCCCCC(=O)NC(C)CC(C)Br. The van der Waals surface area contributed by atoms with Crippen LogP contribution in [0.15, 0.2) is 0 Å². The molecule has 2 unspecified atom stereocenters. The lowest BCUT2D eigenvalue weighted by atomic mass is 10.1. The summed E-state index contributed by atoms with van der Waals surface area (Å²) < 4.78 is 0. The number of hydrogen-bond acceptors (Lipinski definition) is 1. The molecule has 1 amide bonds. The maximum absolute atomic E-state index is 11.4. The van der Waals surface area contributed by atoms with Crippen LogP contribution in [0.3, 0.4) is 0 Å². The average molecular weight is 264 g/mol. The molecule has 0 aromatic rings. The number of amides is 1. The maximum Gasteiger partial charge on any atom is 0.220 e. The molecule has 1 N–H and O–H groups in total. The van der Waals surface area contributed by atoms with Gasteiger partial charge in [0, 0.05) is 17.3 Å². The Morgan fingerprint density at radius 3 is 2.50 bits per heavy atom. The largest absolute Gasteiger partial charge is 0.354 e. The molecule has 3 heteroatoms. The van der Waals surface area contributed by atoms with Crippen LogP contribution in [-0.2, 0) is 4.79 Å². The van der Waals surface area contributed by atoms with E-state index in [0.29, 0.717) is 11.2 Å². The van der Waals surface area contributed by atoms with Crippen LogP contribution in [-0.4, -0.2) is 16.8 Å². The fourth-order valence-electron chi connectivity index (χ4n) is 1.43. The van der Waals surface area contributed by atoms with E-state index in [4.69, 9.17) is 0 Å². The van der Waals surface area contributed by atoms with Crippen molar-refractivity contribution in [1.29, 1.82) is 0 Å². The molecule has 0 rings (SSSR count). The third-order valence-corrected chi connectivity index (χ3v) is 2.47. The Morgan fingerprint density at radius 1 is 1.36 bits per heavy atom. The van der Waals surface area contributed by atoms with E-state index in [1.165, 1.54) is 6.42 Å². The molecule has 0 fully saturated rings. The Morgan fingerprint density at radius 2 is 2.00 bits per heavy atom. The number of carbonyl (C=O) groups is 1. The summed E-state index contributed by atoms with van der Waals surface area (Å²) >= 11 is 3.48. The third-order valence-electron chi connectivity index (χ3n) is 2.09. The molecule has 2 atom stereocenters. The number of hydrogen-bond donors (Lipinski definition) is 1. The number of carbonyl (C=O) groups excluding carboxylic acids is 1. The number of nitrogens with one attached hydrogen (secondary N) is 1. The molecule has 0 aliphatic heterocycles. The van der Waals surface area contributed by atoms with Crippen LogP contribution >= 0.6 is 15.9 Å². The topological polar surface area (TPSA) is 29.1 Å². The van der Waals surface area contributed by atoms with Gasteiger partial charge in [0.2, 0.25) is 5.91 Å². The molecule has 0 aliphatic carbocycles. The molecule has 84 valence electrons. The minimum absolute atomic E-state index is 0.194. The van der Waals surface area contributed by atoms with Gasteiger partial charge in [-0.2, -0.15) is 0 Å². The minimum Gasteiger partial charge on any atom is -0.354 e. The van der Waals surface area contributed by atoms with Crippen molar-refractivity contribution in [3.63, 3.8) is 0 Å².